The van der Waals surface area contributed by atoms with E-state index in [0.717, 1.165) is 25.1 Å². The molecule has 0 aromatic heterocycles. The molecule has 0 saturated carbocycles. The number of halogens is 1. The van der Waals surface area contributed by atoms with E-state index < -0.39 is 0 Å². The van der Waals surface area contributed by atoms with Crippen molar-refractivity contribution in [3.05, 3.63) is 29.6 Å². The van der Waals surface area contributed by atoms with E-state index in [2.05, 4.69) is 11.8 Å². The molecule has 2 rings (SSSR count). The van der Waals surface area contributed by atoms with Crippen LogP contribution in [-0.2, 0) is 6.61 Å². The molecule has 1 atom stereocenters. The first-order valence-electron chi connectivity index (χ1n) is 6.37. The zero-order valence-electron chi connectivity index (χ0n) is 10.3. The van der Waals surface area contributed by atoms with Crippen LogP contribution in [0.4, 0.5) is 10.1 Å². The van der Waals surface area contributed by atoms with Crippen LogP contribution in [0.15, 0.2) is 18.2 Å². The summed E-state index contributed by atoms with van der Waals surface area (Å²) in [5, 5.41) is 9.12. The van der Waals surface area contributed by atoms with E-state index in [1.165, 1.54) is 18.9 Å². The van der Waals surface area contributed by atoms with Crippen molar-refractivity contribution in [2.75, 3.05) is 11.4 Å². The molecule has 3 heteroatoms. The van der Waals surface area contributed by atoms with Gasteiger partial charge in [-0.1, -0.05) is 12.8 Å². The fraction of sp³-hybridized carbons (Fsp3) is 0.571. The number of aliphatic hydroxyl groups excluding tert-OH is 1. The molecule has 1 heterocycles. The zero-order chi connectivity index (χ0) is 12.3. The Bertz CT molecular complexity index is 380. The Morgan fingerprint density at radius 1 is 1.29 bits per heavy atom. The van der Waals surface area contributed by atoms with E-state index in [1.54, 1.807) is 6.07 Å². The predicted octanol–water partition coefficient (Wildman–Crippen LogP) is 3.09. The topological polar surface area (TPSA) is 23.5 Å². The SMILES string of the molecule is CC1CCCCCN1c1cc(F)cc(CO)c1. The average Bonchev–Trinajstić information content (AvgIpc) is 2.53. The van der Waals surface area contributed by atoms with Crippen LogP contribution in [0.1, 0.15) is 38.2 Å². The minimum Gasteiger partial charge on any atom is -0.392 e. The van der Waals surface area contributed by atoms with Crippen LogP contribution in [0.2, 0.25) is 0 Å². The summed E-state index contributed by atoms with van der Waals surface area (Å²) >= 11 is 0. The molecule has 1 unspecified atom stereocenters. The Kier molecular flexibility index (Phi) is 4.00. The summed E-state index contributed by atoms with van der Waals surface area (Å²) in [4.78, 5) is 2.26. The second-order valence-corrected chi connectivity index (χ2v) is 4.87. The molecular weight excluding hydrogens is 217 g/mol. The number of hydrogen-bond donors (Lipinski definition) is 1. The van der Waals surface area contributed by atoms with E-state index in [-0.39, 0.29) is 12.4 Å². The average molecular weight is 237 g/mol. The molecule has 0 amide bonds. The molecule has 0 spiro atoms. The Morgan fingerprint density at radius 2 is 2.12 bits per heavy atom. The Balaban J connectivity index is 2.27. The van der Waals surface area contributed by atoms with E-state index in [4.69, 9.17) is 5.11 Å². The fourth-order valence-electron chi connectivity index (χ4n) is 2.55. The van der Waals surface area contributed by atoms with E-state index >= 15 is 0 Å². The molecule has 1 aliphatic heterocycles. The van der Waals surface area contributed by atoms with Crippen LogP contribution in [0.3, 0.4) is 0 Å². The maximum Gasteiger partial charge on any atom is 0.125 e. The minimum absolute atomic E-state index is 0.104. The monoisotopic (exact) mass is 237 g/mol. The van der Waals surface area contributed by atoms with Crippen molar-refractivity contribution in [2.24, 2.45) is 0 Å². The van der Waals surface area contributed by atoms with Gasteiger partial charge in [0.2, 0.25) is 0 Å². The van der Waals surface area contributed by atoms with E-state index in [0.29, 0.717) is 11.6 Å². The number of benzene rings is 1. The summed E-state index contributed by atoms with van der Waals surface area (Å²) in [6, 6.07) is 5.31. The summed E-state index contributed by atoms with van der Waals surface area (Å²) in [5.41, 5.74) is 1.56. The lowest BCUT2D eigenvalue weighted by molar-refractivity contribution is 0.281. The Morgan fingerprint density at radius 3 is 2.88 bits per heavy atom. The molecule has 1 fully saturated rings. The maximum absolute atomic E-state index is 13.5. The normalized spacial score (nSPS) is 21.4. The van der Waals surface area contributed by atoms with Crippen LogP contribution < -0.4 is 4.90 Å². The third kappa shape index (κ3) is 2.97. The van der Waals surface area contributed by atoms with Gasteiger partial charge in [0.1, 0.15) is 5.82 Å². The van der Waals surface area contributed by atoms with Crippen LogP contribution in [0.25, 0.3) is 0 Å². The van der Waals surface area contributed by atoms with Gasteiger partial charge >= 0.3 is 0 Å². The number of aliphatic hydroxyl groups is 1. The molecule has 2 nitrogen and oxygen atoms in total. The highest BCUT2D eigenvalue weighted by Gasteiger charge is 2.18. The lowest BCUT2D eigenvalue weighted by Gasteiger charge is -2.29. The molecule has 17 heavy (non-hydrogen) atoms. The fourth-order valence-corrected chi connectivity index (χ4v) is 2.55. The molecule has 0 aliphatic carbocycles. The van der Waals surface area contributed by atoms with Gasteiger partial charge in [0, 0.05) is 18.3 Å². The van der Waals surface area contributed by atoms with Gasteiger partial charge < -0.3 is 10.0 Å². The molecule has 0 bridgehead atoms. The highest BCUT2D eigenvalue weighted by atomic mass is 19.1. The molecule has 0 radical (unpaired) electrons. The standard InChI is InChI=1S/C14H20FNO/c1-11-5-3-2-4-6-16(11)14-8-12(10-17)7-13(15)9-14/h7-9,11,17H,2-6,10H2,1H3. The van der Waals surface area contributed by atoms with Crippen molar-refractivity contribution in [3.8, 4) is 0 Å². The molecule has 1 aromatic carbocycles. The summed E-state index contributed by atoms with van der Waals surface area (Å²) in [6.07, 6.45) is 4.82. The lowest BCUT2D eigenvalue weighted by Crippen LogP contribution is -2.32. The highest BCUT2D eigenvalue weighted by Crippen LogP contribution is 2.25. The predicted molar refractivity (Wildman–Crippen MR) is 67.6 cm³/mol. The van der Waals surface area contributed by atoms with E-state index in [1.807, 2.05) is 6.07 Å². The van der Waals surface area contributed by atoms with Crippen molar-refractivity contribution >= 4 is 5.69 Å². The minimum atomic E-state index is -0.261. The van der Waals surface area contributed by atoms with Crippen molar-refractivity contribution in [1.82, 2.24) is 0 Å². The van der Waals surface area contributed by atoms with Gasteiger partial charge in [0.25, 0.3) is 0 Å². The van der Waals surface area contributed by atoms with Crippen LogP contribution in [0.5, 0.6) is 0 Å². The number of anilines is 1. The van der Waals surface area contributed by atoms with Crippen molar-refractivity contribution in [1.29, 1.82) is 0 Å². The lowest BCUT2D eigenvalue weighted by atomic mass is 10.1. The van der Waals surface area contributed by atoms with Gasteiger partial charge in [-0.05, 0) is 43.5 Å². The first-order valence-corrected chi connectivity index (χ1v) is 6.37. The van der Waals surface area contributed by atoms with Gasteiger partial charge in [-0.15, -0.1) is 0 Å². The summed E-state index contributed by atoms with van der Waals surface area (Å²) in [5.74, 6) is -0.261. The van der Waals surface area contributed by atoms with Gasteiger partial charge in [-0.3, -0.25) is 0 Å². The zero-order valence-corrected chi connectivity index (χ0v) is 10.3. The molecule has 1 N–H and O–H groups in total. The van der Waals surface area contributed by atoms with Gasteiger partial charge in [-0.25, -0.2) is 4.39 Å². The first kappa shape index (κ1) is 12.4. The largest absolute Gasteiger partial charge is 0.392 e. The van der Waals surface area contributed by atoms with Crippen molar-refractivity contribution in [2.45, 2.75) is 45.3 Å². The second-order valence-electron chi connectivity index (χ2n) is 4.87. The second kappa shape index (κ2) is 5.50. The van der Waals surface area contributed by atoms with Crippen LogP contribution in [0, 0.1) is 5.82 Å². The molecular formula is C14H20FNO. The first-order chi connectivity index (χ1) is 8.20. The Hall–Kier alpha value is -1.09. The van der Waals surface area contributed by atoms with Gasteiger partial charge in [-0.2, -0.15) is 0 Å². The maximum atomic E-state index is 13.5. The number of nitrogens with zero attached hydrogens (tertiary/aromatic N) is 1. The van der Waals surface area contributed by atoms with Crippen molar-refractivity contribution in [3.63, 3.8) is 0 Å². The number of hydrogen-bond acceptors (Lipinski definition) is 2. The van der Waals surface area contributed by atoms with E-state index in [9.17, 15) is 4.39 Å². The molecule has 1 saturated heterocycles. The third-order valence-electron chi connectivity index (χ3n) is 3.51. The summed E-state index contributed by atoms with van der Waals surface area (Å²) in [7, 11) is 0. The summed E-state index contributed by atoms with van der Waals surface area (Å²) in [6.45, 7) is 3.07. The van der Waals surface area contributed by atoms with Crippen LogP contribution >= 0.6 is 0 Å². The molecule has 1 aliphatic rings. The van der Waals surface area contributed by atoms with Crippen molar-refractivity contribution < 1.29 is 9.50 Å². The Labute approximate surface area is 102 Å². The molecule has 1 aromatic rings. The quantitative estimate of drug-likeness (QED) is 0.854. The van der Waals surface area contributed by atoms with Crippen LogP contribution in [-0.4, -0.2) is 17.7 Å². The summed E-state index contributed by atoms with van der Waals surface area (Å²) < 4.78 is 13.5. The van der Waals surface area contributed by atoms with Gasteiger partial charge in [0.05, 0.1) is 6.61 Å². The number of rotatable bonds is 2. The highest BCUT2D eigenvalue weighted by molar-refractivity contribution is 5.50. The smallest absolute Gasteiger partial charge is 0.125 e. The van der Waals surface area contributed by atoms with Gasteiger partial charge in [0.15, 0.2) is 0 Å². The molecule has 94 valence electrons. The third-order valence-corrected chi connectivity index (χ3v) is 3.51.